The van der Waals surface area contributed by atoms with Crippen LogP contribution in [0.25, 0.3) is 0 Å². The Hall–Kier alpha value is -0.770. The monoisotopic (exact) mass is 279 g/mol. The van der Waals surface area contributed by atoms with Crippen LogP contribution in [0.2, 0.25) is 0 Å². The number of rotatable bonds is 6. The van der Waals surface area contributed by atoms with Crippen molar-refractivity contribution in [1.29, 1.82) is 0 Å². The SMILES string of the molecule is C[C@H](C1CC1)N(C(=O)NCCN1CCCCC1)C1CC1. The summed E-state index contributed by atoms with van der Waals surface area (Å²) in [6.07, 6.45) is 9.04. The third-order valence-electron chi connectivity index (χ3n) is 5.07. The Labute approximate surface area is 122 Å². The van der Waals surface area contributed by atoms with Crippen LogP contribution in [-0.4, -0.2) is 54.1 Å². The molecule has 0 bridgehead atoms. The summed E-state index contributed by atoms with van der Waals surface area (Å²) in [5, 5.41) is 3.16. The van der Waals surface area contributed by atoms with Crippen molar-refractivity contribution in [2.45, 2.75) is 64.0 Å². The van der Waals surface area contributed by atoms with E-state index < -0.39 is 0 Å². The summed E-state index contributed by atoms with van der Waals surface area (Å²) in [5.74, 6) is 0.767. The maximum atomic E-state index is 12.4. The minimum absolute atomic E-state index is 0.184. The topological polar surface area (TPSA) is 35.6 Å². The zero-order valence-electron chi connectivity index (χ0n) is 12.8. The molecule has 114 valence electrons. The Morgan fingerprint density at radius 1 is 1.20 bits per heavy atom. The highest BCUT2D eigenvalue weighted by atomic mass is 16.2. The lowest BCUT2D eigenvalue weighted by molar-refractivity contribution is 0.163. The van der Waals surface area contributed by atoms with Crippen molar-refractivity contribution in [2.24, 2.45) is 5.92 Å². The van der Waals surface area contributed by atoms with E-state index in [0.717, 1.165) is 19.0 Å². The molecule has 0 spiro atoms. The normalized spacial score (nSPS) is 25.2. The summed E-state index contributed by atoms with van der Waals surface area (Å²) < 4.78 is 0. The molecule has 0 unspecified atom stereocenters. The van der Waals surface area contributed by atoms with Crippen LogP contribution in [0.4, 0.5) is 4.79 Å². The van der Waals surface area contributed by atoms with Crippen molar-refractivity contribution in [3.8, 4) is 0 Å². The Kier molecular flexibility index (Phi) is 4.49. The van der Waals surface area contributed by atoms with Gasteiger partial charge in [0.25, 0.3) is 0 Å². The number of urea groups is 1. The van der Waals surface area contributed by atoms with Crippen molar-refractivity contribution >= 4 is 6.03 Å². The number of carbonyl (C=O) groups is 1. The third kappa shape index (κ3) is 3.66. The van der Waals surface area contributed by atoms with Crippen LogP contribution in [0.5, 0.6) is 0 Å². The van der Waals surface area contributed by atoms with Gasteiger partial charge in [-0.2, -0.15) is 0 Å². The van der Waals surface area contributed by atoms with Crippen molar-refractivity contribution in [3.63, 3.8) is 0 Å². The van der Waals surface area contributed by atoms with E-state index >= 15 is 0 Å². The summed E-state index contributed by atoms with van der Waals surface area (Å²) in [7, 11) is 0. The minimum atomic E-state index is 0.184. The number of piperidine rings is 1. The van der Waals surface area contributed by atoms with E-state index in [4.69, 9.17) is 0 Å². The predicted octanol–water partition coefficient (Wildman–Crippen LogP) is 2.44. The van der Waals surface area contributed by atoms with Crippen molar-refractivity contribution in [1.82, 2.24) is 15.1 Å². The van der Waals surface area contributed by atoms with Gasteiger partial charge in [0, 0.05) is 25.2 Å². The fraction of sp³-hybridized carbons (Fsp3) is 0.938. The second kappa shape index (κ2) is 6.33. The highest BCUT2D eigenvalue weighted by molar-refractivity contribution is 5.75. The van der Waals surface area contributed by atoms with Crippen LogP contribution in [-0.2, 0) is 0 Å². The standard InChI is InChI=1S/C16H29N3O/c1-13(14-5-6-14)19(15-7-8-15)16(20)17-9-12-18-10-3-2-4-11-18/h13-15H,2-12H2,1H3,(H,17,20)/t13-/m1/s1. The van der Waals surface area contributed by atoms with Gasteiger partial charge in [0.05, 0.1) is 0 Å². The molecule has 3 fully saturated rings. The minimum Gasteiger partial charge on any atom is -0.337 e. The van der Waals surface area contributed by atoms with Crippen molar-refractivity contribution < 1.29 is 4.79 Å². The quantitative estimate of drug-likeness (QED) is 0.810. The number of nitrogens with zero attached hydrogens (tertiary/aromatic N) is 2. The summed E-state index contributed by atoms with van der Waals surface area (Å²) in [5.41, 5.74) is 0. The second-order valence-corrected chi connectivity index (χ2v) is 6.85. The van der Waals surface area contributed by atoms with Gasteiger partial charge in [0.2, 0.25) is 0 Å². The van der Waals surface area contributed by atoms with Gasteiger partial charge in [-0.3, -0.25) is 0 Å². The lowest BCUT2D eigenvalue weighted by Gasteiger charge is -2.31. The van der Waals surface area contributed by atoms with Crippen LogP contribution >= 0.6 is 0 Å². The molecule has 3 rings (SSSR count). The molecule has 2 amide bonds. The number of hydrogen-bond donors (Lipinski definition) is 1. The number of likely N-dealkylation sites (tertiary alicyclic amines) is 1. The van der Waals surface area contributed by atoms with E-state index in [9.17, 15) is 4.79 Å². The van der Waals surface area contributed by atoms with Crippen molar-refractivity contribution in [3.05, 3.63) is 0 Å². The van der Waals surface area contributed by atoms with Gasteiger partial charge in [-0.05, 0) is 64.5 Å². The van der Waals surface area contributed by atoms with Gasteiger partial charge >= 0.3 is 6.03 Å². The van der Waals surface area contributed by atoms with Gasteiger partial charge in [0.1, 0.15) is 0 Å². The molecule has 2 saturated carbocycles. The van der Waals surface area contributed by atoms with Crippen LogP contribution in [0.1, 0.15) is 51.9 Å². The molecule has 1 aliphatic heterocycles. The Balaban J connectivity index is 1.42. The van der Waals surface area contributed by atoms with Gasteiger partial charge < -0.3 is 15.1 Å². The van der Waals surface area contributed by atoms with Gasteiger partial charge in [-0.25, -0.2) is 4.79 Å². The zero-order valence-corrected chi connectivity index (χ0v) is 12.8. The predicted molar refractivity (Wildman–Crippen MR) is 80.7 cm³/mol. The van der Waals surface area contributed by atoms with Gasteiger partial charge in [-0.15, -0.1) is 0 Å². The molecule has 0 aromatic heterocycles. The molecule has 4 nitrogen and oxygen atoms in total. The molecule has 0 aromatic rings. The smallest absolute Gasteiger partial charge is 0.317 e. The molecule has 1 heterocycles. The summed E-state index contributed by atoms with van der Waals surface area (Å²) in [6.45, 7) is 6.48. The van der Waals surface area contributed by atoms with Crippen LogP contribution in [0.15, 0.2) is 0 Å². The van der Waals surface area contributed by atoms with E-state index in [1.54, 1.807) is 0 Å². The van der Waals surface area contributed by atoms with Gasteiger partial charge in [-0.1, -0.05) is 6.42 Å². The average molecular weight is 279 g/mol. The molecule has 1 saturated heterocycles. The molecule has 2 aliphatic carbocycles. The first kappa shape index (κ1) is 14.2. The number of amides is 2. The first-order chi connectivity index (χ1) is 9.75. The highest BCUT2D eigenvalue weighted by Gasteiger charge is 2.41. The number of hydrogen-bond acceptors (Lipinski definition) is 2. The highest BCUT2D eigenvalue weighted by Crippen LogP contribution is 2.39. The Morgan fingerprint density at radius 2 is 1.90 bits per heavy atom. The van der Waals surface area contributed by atoms with E-state index in [-0.39, 0.29) is 6.03 Å². The summed E-state index contributed by atoms with van der Waals surface area (Å²) >= 11 is 0. The van der Waals surface area contributed by atoms with Gasteiger partial charge in [0.15, 0.2) is 0 Å². The molecule has 0 radical (unpaired) electrons. The molecule has 0 aromatic carbocycles. The lowest BCUT2D eigenvalue weighted by Crippen LogP contribution is -2.49. The molecular formula is C16H29N3O. The van der Waals surface area contributed by atoms with E-state index in [2.05, 4.69) is 22.0 Å². The maximum absolute atomic E-state index is 12.4. The summed E-state index contributed by atoms with van der Waals surface area (Å²) in [4.78, 5) is 17.1. The van der Waals surface area contributed by atoms with E-state index in [1.807, 2.05) is 0 Å². The van der Waals surface area contributed by atoms with Crippen LogP contribution in [0, 0.1) is 5.92 Å². The molecular weight excluding hydrogens is 250 g/mol. The molecule has 20 heavy (non-hydrogen) atoms. The summed E-state index contributed by atoms with van der Waals surface area (Å²) in [6, 6.07) is 1.15. The Bertz CT molecular complexity index is 333. The third-order valence-corrected chi connectivity index (χ3v) is 5.07. The lowest BCUT2D eigenvalue weighted by atomic mass is 10.1. The molecule has 4 heteroatoms. The first-order valence-corrected chi connectivity index (χ1v) is 8.54. The van der Waals surface area contributed by atoms with Crippen LogP contribution < -0.4 is 5.32 Å². The zero-order chi connectivity index (χ0) is 13.9. The number of nitrogens with one attached hydrogen (secondary N) is 1. The Morgan fingerprint density at radius 3 is 2.50 bits per heavy atom. The first-order valence-electron chi connectivity index (χ1n) is 8.54. The molecule has 1 atom stereocenters. The molecule has 1 N–H and O–H groups in total. The van der Waals surface area contributed by atoms with E-state index in [1.165, 1.54) is 58.0 Å². The second-order valence-electron chi connectivity index (χ2n) is 6.85. The maximum Gasteiger partial charge on any atom is 0.317 e. The number of carbonyl (C=O) groups excluding carboxylic acids is 1. The largest absolute Gasteiger partial charge is 0.337 e. The average Bonchev–Trinajstić information content (AvgIpc) is 3.32. The fourth-order valence-corrected chi connectivity index (χ4v) is 3.44. The van der Waals surface area contributed by atoms with E-state index in [0.29, 0.717) is 12.1 Å². The fourth-order valence-electron chi connectivity index (χ4n) is 3.44. The van der Waals surface area contributed by atoms with Crippen molar-refractivity contribution in [2.75, 3.05) is 26.2 Å². The van der Waals surface area contributed by atoms with Crippen LogP contribution in [0.3, 0.4) is 0 Å². The molecule has 3 aliphatic rings.